The van der Waals surface area contributed by atoms with Crippen LogP contribution in [0.2, 0.25) is 0 Å². The molecular formula is C34H30F2O2Zr. The van der Waals surface area contributed by atoms with Gasteiger partial charge in [-0.1, -0.05) is 0 Å². The van der Waals surface area contributed by atoms with E-state index in [-0.39, 0.29) is 15.3 Å². The summed E-state index contributed by atoms with van der Waals surface area (Å²) in [5.74, 6) is 0.446. The van der Waals surface area contributed by atoms with Crippen LogP contribution in [0.25, 0.3) is 11.1 Å². The van der Waals surface area contributed by atoms with Gasteiger partial charge >= 0.3 is 231 Å². The van der Waals surface area contributed by atoms with Crippen LogP contribution >= 0.6 is 0 Å². The van der Waals surface area contributed by atoms with Crippen LogP contribution in [0.3, 0.4) is 0 Å². The van der Waals surface area contributed by atoms with Crippen molar-refractivity contribution in [3.8, 4) is 22.6 Å². The number of halogens is 2. The van der Waals surface area contributed by atoms with E-state index in [1.165, 1.54) is 24.3 Å². The van der Waals surface area contributed by atoms with E-state index in [9.17, 15) is 8.78 Å². The molecule has 0 unspecified atom stereocenters. The topological polar surface area (TPSA) is 18.5 Å². The van der Waals surface area contributed by atoms with Crippen LogP contribution in [0.1, 0.15) is 41.9 Å². The molecule has 196 valence electrons. The zero-order valence-electron chi connectivity index (χ0n) is 22.2. The number of allylic oxidation sites excluding steroid dienone is 4. The molecule has 0 bridgehead atoms. The molecule has 0 saturated heterocycles. The number of hydrogen-bond acceptors (Lipinski definition) is 2. The second kappa shape index (κ2) is 9.64. The first kappa shape index (κ1) is 25.8. The number of rotatable bonds is 6. The molecule has 0 radical (unpaired) electrons. The molecule has 4 aromatic rings. The van der Waals surface area contributed by atoms with Gasteiger partial charge in [0.2, 0.25) is 0 Å². The molecule has 0 aromatic heterocycles. The van der Waals surface area contributed by atoms with Crippen molar-refractivity contribution < 1.29 is 33.6 Å². The van der Waals surface area contributed by atoms with Crippen LogP contribution < -0.4 is 5.63 Å². The molecule has 2 aliphatic rings. The second-order valence-electron chi connectivity index (χ2n) is 10.7. The van der Waals surface area contributed by atoms with E-state index in [4.69, 9.17) is 5.63 Å². The normalized spacial score (nSPS) is 14.8. The molecule has 39 heavy (non-hydrogen) atoms. The van der Waals surface area contributed by atoms with Crippen molar-refractivity contribution in [1.82, 2.24) is 0 Å². The van der Waals surface area contributed by atoms with Gasteiger partial charge in [0, 0.05) is 0 Å². The van der Waals surface area contributed by atoms with Crippen molar-refractivity contribution in [2.75, 3.05) is 0 Å². The molecule has 0 atom stereocenters. The fraction of sp³-hybridized carbons (Fsp3) is 0.147. The van der Waals surface area contributed by atoms with Crippen LogP contribution in [-0.4, -0.2) is 3.21 Å². The zero-order valence-corrected chi connectivity index (χ0v) is 24.7. The minimum atomic E-state index is -5.53. The molecule has 0 amide bonds. The van der Waals surface area contributed by atoms with E-state index in [1.54, 1.807) is 24.3 Å². The van der Waals surface area contributed by atoms with Crippen LogP contribution in [0.4, 0.5) is 8.78 Å². The SMILES string of the molecule is CC1=CC[C]([Zr]([O]c2ccc(F)cc2)([O]c2ccc(F)cc2)(=[C](C)C)[CH]2c3ccccc3-c3ccccc32)=C1. The fourth-order valence-corrected chi connectivity index (χ4v) is 22.1. The van der Waals surface area contributed by atoms with Crippen molar-refractivity contribution in [2.45, 2.75) is 30.8 Å². The molecule has 0 fully saturated rings. The first-order chi connectivity index (χ1) is 18.8. The Hall–Kier alpha value is -3.43. The van der Waals surface area contributed by atoms with Crippen LogP contribution in [0, 0.1) is 11.6 Å². The third-order valence-corrected chi connectivity index (χ3v) is 24.0. The minimum absolute atomic E-state index is 0.218. The molecule has 0 saturated carbocycles. The summed E-state index contributed by atoms with van der Waals surface area (Å²) in [5.41, 5.74) is 5.78. The Morgan fingerprint density at radius 2 is 1.15 bits per heavy atom. The molecule has 0 heterocycles. The number of fused-ring (bicyclic) bond motifs is 3. The van der Waals surface area contributed by atoms with Crippen LogP contribution in [0.15, 0.2) is 118 Å². The quantitative estimate of drug-likeness (QED) is 0.220. The monoisotopic (exact) mass is 598 g/mol. The summed E-state index contributed by atoms with van der Waals surface area (Å²) in [6.07, 6.45) is 5.11. The van der Waals surface area contributed by atoms with Crippen molar-refractivity contribution in [2.24, 2.45) is 0 Å². The Bertz CT molecular complexity index is 1610. The fourth-order valence-electron chi connectivity index (χ4n) is 6.46. The van der Waals surface area contributed by atoms with Gasteiger partial charge in [0.15, 0.2) is 0 Å². The van der Waals surface area contributed by atoms with E-state index < -0.39 is 19.2 Å². The summed E-state index contributed by atoms with van der Waals surface area (Å²) in [6, 6.07) is 29.3. The molecule has 0 aliphatic heterocycles. The van der Waals surface area contributed by atoms with Crippen molar-refractivity contribution in [3.05, 3.63) is 141 Å². The molecular weight excluding hydrogens is 570 g/mol. The van der Waals surface area contributed by atoms with Crippen molar-refractivity contribution in [3.63, 3.8) is 0 Å². The third-order valence-electron chi connectivity index (χ3n) is 8.23. The van der Waals surface area contributed by atoms with Gasteiger partial charge in [-0.2, -0.15) is 0 Å². The van der Waals surface area contributed by atoms with Gasteiger partial charge < -0.3 is 0 Å². The average Bonchev–Trinajstić information content (AvgIpc) is 3.53. The van der Waals surface area contributed by atoms with E-state index in [0.29, 0.717) is 17.9 Å². The van der Waals surface area contributed by atoms with Gasteiger partial charge in [-0.3, -0.25) is 0 Å². The van der Waals surface area contributed by atoms with Crippen LogP contribution in [-0.2, 0) is 19.2 Å². The Morgan fingerprint density at radius 1 is 0.692 bits per heavy atom. The van der Waals surface area contributed by atoms with Crippen molar-refractivity contribution in [1.29, 1.82) is 0 Å². The van der Waals surface area contributed by atoms with Gasteiger partial charge in [0.1, 0.15) is 0 Å². The predicted octanol–water partition coefficient (Wildman–Crippen LogP) is 9.16. The second-order valence-corrected chi connectivity index (χ2v) is 22.8. The van der Waals surface area contributed by atoms with E-state index >= 15 is 0 Å². The maximum absolute atomic E-state index is 14.1. The Kier molecular flexibility index (Phi) is 6.39. The molecule has 5 heteroatoms. The summed E-state index contributed by atoms with van der Waals surface area (Å²) < 4.78 is 45.0. The maximum atomic E-state index is 14.1. The van der Waals surface area contributed by atoms with Gasteiger partial charge in [-0.25, -0.2) is 0 Å². The van der Waals surface area contributed by atoms with Crippen molar-refractivity contribution >= 4 is 3.21 Å². The molecule has 2 nitrogen and oxygen atoms in total. The van der Waals surface area contributed by atoms with Gasteiger partial charge in [0.25, 0.3) is 0 Å². The molecule has 6 rings (SSSR count). The number of hydrogen-bond donors (Lipinski definition) is 0. The van der Waals surface area contributed by atoms with E-state index in [0.717, 1.165) is 34.3 Å². The summed E-state index contributed by atoms with van der Waals surface area (Å²) >= 11 is -5.53. The van der Waals surface area contributed by atoms with Gasteiger partial charge in [-0.15, -0.1) is 0 Å². The Balaban J connectivity index is 1.77. The zero-order chi connectivity index (χ0) is 27.2. The Labute approximate surface area is 230 Å². The van der Waals surface area contributed by atoms with Gasteiger partial charge in [0.05, 0.1) is 0 Å². The summed E-state index contributed by atoms with van der Waals surface area (Å²) in [4.78, 5) is 0. The molecule has 0 N–H and O–H groups in total. The van der Waals surface area contributed by atoms with E-state index in [1.807, 2.05) is 0 Å². The average molecular weight is 600 g/mol. The van der Waals surface area contributed by atoms with E-state index in [2.05, 4.69) is 81.5 Å². The molecule has 4 aromatic carbocycles. The van der Waals surface area contributed by atoms with Crippen LogP contribution in [0.5, 0.6) is 11.5 Å². The predicted molar refractivity (Wildman–Crippen MR) is 151 cm³/mol. The van der Waals surface area contributed by atoms with Gasteiger partial charge in [-0.05, 0) is 0 Å². The third kappa shape index (κ3) is 4.02. The summed E-state index contributed by atoms with van der Waals surface area (Å²) in [7, 11) is 0. The Morgan fingerprint density at radius 3 is 1.56 bits per heavy atom. The summed E-state index contributed by atoms with van der Waals surface area (Å²) in [5, 5.41) is 0. The standard InChI is InChI=1S/C13H9.2C6H5FO.C6H7.C3H6.Zr/c1-3-7-12-10(5-1)9-11-6-2-4-8-13(11)12;2*7-5-1-3-6(8)4-2-5;1-6-4-2-3-5-6;1-3-2;/h1-9H;2*1-4,8H;4-5H,2H2,1H3;1-2H3;/q;;;;;+2/p-2. The molecule has 2 aliphatic carbocycles. The first-order valence-electron chi connectivity index (χ1n) is 13.2. The number of benzene rings is 4. The molecule has 0 spiro atoms. The summed E-state index contributed by atoms with van der Waals surface area (Å²) in [6.45, 7) is 6.31. The first-order valence-corrected chi connectivity index (χ1v) is 19.1.